The van der Waals surface area contributed by atoms with Crippen LogP contribution in [0.1, 0.15) is 78.1 Å². The molecule has 1 aromatic carbocycles. The molecule has 3 rings (SSSR count). The second kappa shape index (κ2) is 6.62. The average molecular weight is 382 g/mol. The van der Waals surface area contributed by atoms with Crippen molar-refractivity contribution in [3.05, 3.63) is 62.6 Å². The Kier molecular flexibility index (Phi) is 4.69. The van der Waals surface area contributed by atoms with E-state index in [1.54, 1.807) is 0 Å². The Morgan fingerprint density at radius 2 is 1.61 bits per heavy atom. The Morgan fingerprint density at radius 1 is 1.04 bits per heavy atom. The largest absolute Gasteiger partial charge is 0.477 e. The van der Waals surface area contributed by atoms with E-state index in [4.69, 9.17) is 5.11 Å². The quantitative estimate of drug-likeness (QED) is 0.747. The van der Waals surface area contributed by atoms with Crippen LogP contribution in [-0.2, 0) is 10.8 Å². The Bertz CT molecular complexity index is 1030. The number of aromatic carboxylic acids is 1. The van der Waals surface area contributed by atoms with Gasteiger partial charge in [-0.25, -0.2) is 4.79 Å². The van der Waals surface area contributed by atoms with E-state index in [0.717, 1.165) is 30.7 Å². The van der Waals surface area contributed by atoms with Gasteiger partial charge in [-0.3, -0.25) is 9.59 Å². The van der Waals surface area contributed by atoms with E-state index < -0.39 is 22.9 Å². The summed E-state index contributed by atoms with van der Waals surface area (Å²) in [5.41, 5.74) is 3.17. The van der Waals surface area contributed by atoms with Crippen molar-refractivity contribution in [3.63, 3.8) is 0 Å². The number of benzene rings is 1. The number of hydrogen-bond donors (Lipinski definition) is 3. The first-order valence-electron chi connectivity index (χ1n) is 9.35. The minimum absolute atomic E-state index is 0.00940. The van der Waals surface area contributed by atoms with Gasteiger partial charge in [0.1, 0.15) is 11.3 Å². The summed E-state index contributed by atoms with van der Waals surface area (Å²) in [5, 5.41) is 11.8. The van der Waals surface area contributed by atoms with Gasteiger partial charge in [0.05, 0.1) is 0 Å². The lowest BCUT2D eigenvalue weighted by Crippen LogP contribution is -2.34. The van der Waals surface area contributed by atoms with Crippen LogP contribution in [-0.4, -0.2) is 22.0 Å². The van der Waals surface area contributed by atoms with Gasteiger partial charge in [-0.1, -0.05) is 33.8 Å². The molecule has 3 N–H and O–H groups in total. The first-order valence-corrected chi connectivity index (χ1v) is 9.35. The van der Waals surface area contributed by atoms with Crippen LogP contribution in [0.3, 0.4) is 0 Å². The summed E-state index contributed by atoms with van der Waals surface area (Å²) in [4.78, 5) is 38.1. The average Bonchev–Trinajstić information content (AvgIpc) is 2.60. The second-order valence-electron chi connectivity index (χ2n) is 8.86. The fraction of sp³-hybridized carbons (Fsp3) is 0.409. The van der Waals surface area contributed by atoms with Crippen LogP contribution in [0.5, 0.6) is 0 Å². The summed E-state index contributed by atoms with van der Waals surface area (Å²) in [6.45, 7) is 10.9. The molecule has 6 heteroatoms. The standard InChI is InChI=1S/C22H26N2O4/c1-12-8-14-15(22(4,5)7-6-21(14,2)3)9-16(12)24-19(26)17-10-18(25)13(11-23-17)20(27)28/h8-11H,6-7H2,1-5H3,(H,23,25)(H,24,26)(H,27,28). The molecule has 0 radical (unpaired) electrons. The number of aromatic amines is 1. The molecule has 1 aromatic heterocycles. The lowest BCUT2D eigenvalue weighted by atomic mass is 9.63. The van der Waals surface area contributed by atoms with Crippen molar-refractivity contribution in [1.82, 2.24) is 4.98 Å². The SMILES string of the molecule is Cc1cc2c(cc1NC(=O)c1cc(=O)c(C(=O)O)c[nH]1)C(C)(C)CCC2(C)C. The molecule has 1 aliphatic carbocycles. The van der Waals surface area contributed by atoms with E-state index in [2.05, 4.69) is 44.1 Å². The van der Waals surface area contributed by atoms with Crippen molar-refractivity contribution < 1.29 is 14.7 Å². The molecule has 0 bridgehead atoms. The van der Waals surface area contributed by atoms with Gasteiger partial charge >= 0.3 is 5.97 Å². The Labute approximate surface area is 164 Å². The van der Waals surface area contributed by atoms with Gasteiger partial charge in [-0.05, 0) is 53.4 Å². The normalized spacial score (nSPS) is 16.9. The molecule has 0 unspecified atom stereocenters. The molecular weight excluding hydrogens is 356 g/mol. The first-order chi connectivity index (χ1) is 12.9. The number of pyridine rings is 1. The highest BCUT2D eigenvalue weighted by molar-refractivity contribution is 6.03. The molecule has 0 aliphatic heterocycles. The predicted molar refractivity (Wildman–Crippen MR) is 108 cm³/mol. The zero-order valence-electron chi connectivity index (χ0n) is 16.9. The Hall–Kier alpha value is -2.89. The molecule has 28 heavy (non-hydrogen) atoms. The number of rotatable bonds is 3. The van der Waals surface area contributed by atoms with Crippen LogP contribution in [0.4, 0.5) is 5.69 Å². The van der Waals surface area contributed by atoms with E-state index in [1.807, 2.05) is 13.0 Å². The van der Waals surface area contributed by atoms with Gasteiger partial charge in [0.25, 0.3) is 5.91 Å². The summed E-state index contributed by atoms with van der Waals surface area (Å²) >= 11 is 0. The van der Waals surface area contributed by atoms with Gasteiger partial charge in [0.2, 0.25) is 0 Å². The van der Waals surface area contributed by atoms with Crippen molar-refractivity contribution in [2.24, 2.45) is 0 Å². The van der Waals surface area contributed by atoms with Gasteiger partial charge in [0, 0.05) is 18.0 Å². The molecular formula is C22H26N2O4. The molecule has 0 spiro atoms. The zero-order chi connectivity index (χ0) is 20.9. The van der Waals surface area contributed by atoms with E-state index in [1.165, 1.54) is 11.1 Å². The molecule has 0 saturated heterocycles. The van der Waals surface area contributed by atoms with Crippen molar-refractivity contribution in [2.45, 2.75) is 58.3 Å². The molecule has 0 fully saturated rings. The van der Waals surface area contributed by atoms with E-state index in [-0.39, 0.29) is 16.5 Å². The van der Waals surface area contributed by atoms with E-state index >= 15 is 0 Å². The third kappa shape index (κ3) is 3.46. The van der Waals surface area contributed by atoms with Crippen LogP contribution in [0.25, 0.3) is 0 Å². The van der Waals surface area contributed by atoms with Gasteiger partial charge in [-0.15, -0.1) is 0 Å². The predicted octanol–water partition coefficient (Wildman–Crippen LogP) is 3.98. The molecule has 148 valence electrons. The lowest BCUT2D eigenvalue weighted by molar-refractivity contribution is 0.0694. The number of aromatic nitrogens is 1. The molecule has 2 aromatic rings. The fourth-order valence-electron chi connectivity index (χ4n) is 3.82. The third-order valence-electron chi connectivity index (χ3n) is 5.83. The summed E-state index contributed by atoms with van der Waals surface area (Å²) < 4.78 is 0. The maximum Gasteiger partial charge on any atom is 0.341 e. The summed E-state index contributed by atoms with van der Waals surface area (Å²) in [7, 11) is 0. The number of carboxylic acid groups (broad SMARTS) is 1. The number of fused-ring (bicyclic) bond motifs is 1. The van der Waals surface area contributed by atoms with Gasteiger partial charge in [-0.2, -0.15) is 0 Å². The number of amides is 1. The molecule has 1 aliphatic rings. The van der Waals surface area contributed by atoms with Crippen molar-refractivity contribution >= 4 is 17.6 Å². The minimum Gasteiger partial charge on any atom is -0.477 e. The highest BCUT2D eigenvalue weighted by Crippen LogP contribution is 2.47. The summed E-state index contributed by atoms with van der Waals surface area (Å²) in [6.07, 6.45) is 3.22. The van der Waals surface area contributed by atoms with Gasteiger partial charge < -0.3 is 15.4 Å². The number of carbonyl (C=O) groups excluding carboxylic acids is 1. The maximum absolute atomic E-state index is 12.6. The summed E-state index contributed by atoms with van der Waals surface area (Å²) in [5.74, 6) is -1.81. The number of carbonyl (C=O) groups is 2. The topological polar surface area (TPSA) is 99.3 Å². The Balaban J connectivity index is 1.97. The highest BCUT2D eigenvalue weighted by atomic mass is 16.4. The number of anilines is 1. The highest BCUT2D eigenvalue weighted by Gasteiger charge is 2.37. The molecule has 1 heterocycles. The first kappa shape index (κ1) is 19.9. The summed E-state index contributed by atoms with van der Waals surface area (Å²) in [6, 6.07) is 5.19. The van der Waals surface area contributed by atoms with Crippen molar-refractivity contribution in [1.29, 1.82) is 0 Å². The number of H-pyrrole nitrogens is 1. The van der Waals surface area contributed by atoms with Crippen LogP contribution < -0.4 is 10.7 Å². The fourth-order valence-corrected chi connectivity index (χ4v) is 3.82. The van der Waals surface area contributed by atoms with E-state index in [9.17, 15) is 14.4 Å². The molecule has 0 atom stereocenters. The molecule has 6 nitrogen and oxygen atoms in total. The van der Waals surface area contributed by atoms with Crippen LogP contribution in [0.2, 0.25) is 0 Å². The monoisotopic (exact) mass is 382 g/mol. The molecule has 1 amide bonds. The molecule has 0 saturated carbocycles. The van der Waals surface area contributed by atoms with Crippen LogP contribution in [0, 0.1) is 6.92 Å². The smallest absolute Gasteiger partial charge is 0.341 e. The van der Waals surface area contributed by atoms with Crippen molar-refractivity contribution in [3.8, 4) is 0 Å². The van der Waals surface area contributed by atoms with Crippen molar-refractivity contribution in [2.75, 3.05) is 5.32 Å². The number of hydrogen-bond acceptors (Lipinski definition) is 3. The Morgan fingerprint density at radius 3 is 2.14 bits per heavy atom. The zero-order valence-corrected chi connectivity index (χ0v) is 16.9. The number of aryl methyl sites for hydroxylation is 1. The third-order valence-corrected chi connectivity index (χ3v) is 5.83. The number of nitrogens with one attached hydrogen (secondary N) is 2. The number of carboxylic acids is 1. The minimum atomic E-state index is -1.33. The maximum atomic E-state index is 12.6. The second-order valence-corrected chi connectivity index (χ2v) is 8.86. The lowest BCUT2D eigenvalue weighted by Gasteiger charge is -2.42. The van der Waals surface area contributed by atoms with Crippen LogP contribution >= 0.6 is 0 Å². The van der Waals surface area contributed by atoms with E-state index in [0.29, 0.717) is 5.69 Å². The van der Waals surface area contributed by atoms with Gasteiger partial charge in [0.15, 0.2) is 5.43 Å². The van der Waals surface area contributed by atoms with Crippen LogP contribution in [0.15, 0.2) is 29.2 Å².